The molecule has 0 aromatic rings. The van der Waals surface area contributed by atoms with Crippen molar-refractivity contribution in [3.8, 4) is 18.7 Å². The minimum Gasteiger partial charge on any atom is -0.202 e. The average Bonchev–Trinajstić information content (AvgIpc) is 1.94. The molecule has 6 heteroatoms. The molecule has 0 unspecified atom stereocenters. The summed E-state index contributed by atoms with van der Waals surface area (Å²) < 4.78 is 0.875. The normalized spacial score (nSPS) is 3.00. The van der Waals surface area contributed by atoms with E-state index in [0.29, 0.717) is 0 Å². The van der Waals surface area contributed by atoms with E-state index in [2.05, 4.69) is 38.4 Å². The molecular weight excluding hydrogens is 330 g/mol. The van der Waals surface area contributed by atoms with Crippen molar-refractivity contribution >= 4 is 48.8 Å². The molecule has 0 aromatic carbocycles. The van der Waals surface area contributed by atoms with Gasteiger partial charge in [0.15, 0.2) is 12.1 Å². The second-order valence-corrected chi connectivity index (χ2v) is 2.95. The summed E-state index contributed by atoms with van der Waals surface area (Å²) in [6.07, 6.45) is 0. The summed E-state index contributed by atoms with van der Waals surface area (Å²) in [7, 11) is 0. The van der Waals surface area contributed by atoms with Gasteiger partial charge in [0.05, 0.1) is 4.24 Å². The minimum atomic E-state index is 0. The van der Waals surface area contributed by atoms with Gasteiger partial charge in [0, 0.05) is 6.57 Å². The van der Waals surface area contributed by atoms with Gasteiger partial charge in [-0.25, -0.2) is 5.26 Å². The lowest BCUT2D eigenvalue weighted by atomic mass is 10.9. The molecule has 0 aliphatic heterocycles. The molecular formula is C4H4Br3N3. The van der Waals surface area contributed by atoms with Gasteiger partial charge in [-0.2, -0.15) is 10.5 Å². The molecule has 0 aliphatic rings. The zero-order valence-electron chi connectivity index (χ0n) is 4.79. The van der Waals surface area contributed by atoms with Crippen molar-refractivity contribution in [2.24, 2.45) is 0 Å². The number of halogens is 3. The van der Waals surface area contributed by atoms with Gasteiger partial charge in [-0.05, 0) is 0 Å². The Morgan fingerprint density at radius 1 is 1.10 bits per heavy atom. The van der Waals surface area contributed by atoms with Gasteiger partial charge in [-0.1, -0.05) is 31.9 Å². The summed E-state index contributed by atoms with van der Waals surface area (Å²) in [5.41, 5.74) is 0. The third-order valence-electron chi connectivity index (χ3n) is 0.0500. The van der Waals surface area contributed by atoms with E-state index in [-0.39, 0.29) is 17.0 Å². The molecule has 0 rings (SSSR count). The molecule has 0 saturated carbocycles. The van der Waals surface area contributed by atoms with Gasteiger partial charge in [0.25, 0.3) is 0 Å². The highest BCUT2D eigenvalue weighted by Gasteiger charge is 1.41. The molecule has 0 aliphatic carbocycles. The van der Waals surface area contributed by atoms with Gasteiger partial charge < -0.3 is 0 Å². The number of nitrogens with zero attached hydrogens (tertiary/aromatic N) is 3. The maximum Gasteiger partial charge on any atom is 0.181 e. The van der Waals surface area contributed by atoms with Crippen LogP contribution in [0.1, 0.15) is 0 Å². The van der Waals surface area contributed by atoms with E-state index >= 15 is 0 Å². The molecule has 0 atom stereocenters. The molecule has 0 aromatic heterocycles. The third-order valence-corrected chi connectivity index (χ3v) is 0.0500. The van der Waals surface area contributed by atoms with E-state index in [9.17, 15) is 0 Å². The monoisotopic (exact) mass is 331 g/mol. The molecule has 10 heavy (non-hydrogen) atoms. The van der Waals surface area contributed by atoms with Crippen LogP contribution in [0.5, 0.6) is 0 Å². The van der Waals surface area contributed by atoms with Crippen molar-refractivity contribution in [2.75, 3.05) is 4.24 Å². The lowest BCUT2D eigenvalue weighted by molar-refractivity contribution is 1.49. The van der Waals surface area contributed by atoms with E-state index in [1.54, 1.807) is 0 Å². The molecule has 3 nitrogen and oxygen atoms in total. The van der Waals surface area contributed by atoms with E-state index in [1.807, 2.05) is 0 Å². The fourth-order valence-electron chi connectivity index (χ4n) is 0. The molecule has 0 spiro atoms. The van der Waals surface area contributed by atoms with E-state index in [4.69, 9.17) is 15.8 Å². The maximum atomic E-state index is 7.26. The highest BCUT2D eigenvalue weighted by atomic mass is 79.9. The maximum absolute atomic E-state index is 7.26. The molecule has 0 bridgehead atoms. The van der Waals surface area contributed by atoms with Gasteiger partial charge in [-0.15, -0.1) is 17.0 Å². The Morgan fingerprint density at radius 3 is 1.20 bits per heavy atom. The molecule has 0 N–H and O–H groups in total. The summed E-state index contributed by atoms with van der Waals surface area (Å²) in [6.45, 7) is 3.50. The van der Waals surface area contributed by atoms with Crippen molar-refractivity contribution in [1.29, 1.82) is 15.8 Å². The van der Waals surface area contributed by atoms with Gasteiger partial charge >= 0.3 is 0 Å². The van der Waals surface area contributed by atoms with Gasteiger partial charge in [-0.3, -0.25) is 0 Å². The molecule has 0 radical (unpaired) electrons. The highest BCUT2D eigenvalue weighted by molar-refractivity contribution is 9.24. The van der Waals surface area contributed by atoms with Crippen molar-refractivity contribution in [2.45, 2.75) is 0 Å². The second-order valence-electron chi connectivity index (χ2n) is 0.325. The van der Waals surface area contributed by atoms with E-state index < -0.39 is 0 Å². The number of hydrogen-bond acceptors (Lipinski definition) is 3. The van der Waals surface area contributed by atoms with Crippen LogP contribution in [-0.4, -0.2) is 4.24 Å². The molecule has 0 fully saturated rings. The summed E-state index contributed by atoms with van der Waals surface area (Å²) >= 11 is 6.12. The van der Waals surface area contributed by atoms with E-state index in [1.165, 1.54) is 12.1 Å². The van der Waals surface area contributed by atoms with Crippen molar-refractivity contribution in [3.05, 3.63) is 0 Å². The van der Waals surface area contributed by atoms with Crippen LogP contribution in [0.25, 0.3) is 0 Å². The molecule has 0 amide bonds. The summed E-state index contributed by atoms with van der Waals surface area (Å²) in [5, 5.41) is 21.0. The SMILES string of the molecule is Br.BrCBr.C#N.N#CC#N. The van der Waals surface area contributed by atoms with Crippen molar-refractivity contribution < 1.29 is 0 Å². The Bertz CT molecular complexity index is 108. The van der Waals surface area contributed by atoms with Gasteiger partial charge in [0.2, 0.25) is 0 Å². The Hall–Kier alpha value is -0.0900. The van der Waals surface area contributed by atoms with Gasteiger partial charge in [0.1, 0.15) is 0 Å². The minimum absolute atomic E-state index is 0. The summed E-state index contributed by atoms with van der Waals surface area (Å²) in [6, 6.07) is 2.47. The Balaban J connectivity index is -0.0000000273. The average molecular weight is 334 g/mol. The predicted octanol–water partition coefficient (Wildman–Crippen LogP) is 2.48. The highest BCUT2D eigenvalue weighted by Crippen LogP contribution is 1.83. The molecule has 0 heterocycles. The Kier molecular flexibility index (Phi) is 148. The van der Waals surface area contributed by atoms with Crippen LogP contribution in [0.2, 0.25) is 0 Å². The predicted molar refractivity (Wildman–Crippen MR) is 50.9 cm³/mol. The van der Waals surface area contributed by atoms with Crippen molar-refractivity contribution in [3.63, 3.8) is 0 Å². The fraction of sp³-hybridized carbons (Fsp3) is 0.250. The first-order valence-corrected chi connectivity index (χ1v) is 3.73. The standard InChI is InChI=1S/C2N2.CH2Br2.CHN.BrH/c3-1-2-4;2-1-3;1-2;/h;1H2;1H;1H. The quantitative estimate of drug-likeness (QED) is 0.639. The molecule has 0 saturated heterocycles. The molecule has 56 valence electrons. The number of rotatable bonds is 0. The second kappa shape index (κ2) is 65.8. The first-order valence-electron chi connectivity index (χ1n) is 1.49. The number of nitriles is 3. The van der Waals surface area contributed by atoms with E-state index in [0.717, 1.165) is 4.24 Å². The topological polar surface area (TPSA) is 71.4 Å². The number of alkyl halides is 2. The van der Waals surface area contributed by atoms with Crippen molar-refractivity contribution in [1.82, 2.24) is 0 Å². The zero-order chi connectivity index (χ0) is 8.12. The van der Waals surface area contributed by atoms with Crippen LogP contribution in [0.3, 0.4) is 0 Å². The van der Waals surface area contributed by atoms with Crippen LogP contribution in [0.4, 0.5) is 0 Å². The van der Waals surface area contributed by atoms with Crippen LogP contribution < -0.4 is 0 Å². The first kappa shape index (κ1) is 22.5. The van der Waals surface area contributed by atoms with Crippen LogP contribution in [0, 0.1) is 34.5 Å². The van der Waals surface area contributed by atoms with Crippen LogP contribution in [-0.2, 0) is 0 Å². The largest absolute Gasteiger partial charge is 0.202 e. The zero-order valence-corrected chi connectivity index (χ0v) is 9.68. The smallest absolute Gasteiger partial charge is 0.181 e. The number of hydrogen-bond donors (Lipinski definition) is 0. The lowest BCUT2D eigenvalue weighted by Gasteiger charge is -1.43. The Labute approximate surface area is 87.3 Å². The third kappa shape index (κ3) is 456. The Morgan fingerprint density at radius 2 is 1.20 bits per heavy atom. The first-order chi connectivity index (χ1) is 4.33. The van der Waals surface area contributed by atoms with Crippen LogP contribution >= 0.6 is 48.8 Å². The fourth-order valence-corrected chi connectivity index (χ4v) is 0. The van der Waals surface area contributed by atoms with Crippen LogP contribution in [0.15, 0.2) is 0 Å². The summed E-state index contributed by atoms with van der Waals surface area (Å²) in [4.78, 5) is 0. The summed E-state index contributed by atoms with van der Waals surface area (Å²) in [5.74, 6) is 0. The lowest BCUT2D eigenvalue weighted by Crippen LogP contribution is -1.26.